The fourth-order valence-electron chi connectivity index (χ4n) is 1.80. The zero-order valence-electron chi connectivity index (χ0n) is 7.87. The van der Waals surface area contributed by atoms with Crippen molar-refractivity contribution in [2.45, 2.75) is 38.3 Å². The van der Waals surface area contributed by atoms with Gasteiger partial charge in [-0.25, -0.2) is 0 Å². The molecule has 0 radical (unpaired) electrons. The van der Waals surface area contributed by atoms with Crippen LogP contribution in [0.4, 0.5) is 0 Å². The molecule has 0 saturated carbocycles. The first-order valence-electron chi connectivity index (χ1n) is 4.90. The van der Waals surface area contributed by atoms with Crippen molar-refractivity contribution in [3.8, 4) is 0 Å². The van der Waals surface area contributed by atoms with Gasteiger partial charge in [0, 0.05) is 19.1 Å². The molecule has 0 aromatic carbocycles. The van der Waals surface area contributed by atoms with Crippen LogP contribution in [0.5, 0.6) is 0 Å². The highest BCUT2D eigenvalue weighted by molar-refractivity contribution is 4.80. The molecule has 2 unspecified atom stereocenters. The second kappa shape index (κ2) is 4.80. The predicted molar refractivity (Wildman–Crippen MR) is 49.9 cm³/mol. The molecule has 1 heterocycles. The molecule has 0 aromatic rings. The lowest BCUT2D eigenvalue weighted by Crippen LogP contribution is -2.39. The van der Waals surface area contributed by atoms with Crippen molar-refractivity contribution in [3.63, 3.8) is 0 Å². The molecule has 3 nitrogen and oxygen atoms in total. The summed E-state index contributed by atoms with van der Waals surface area (Å²) in [5.41, 5.74) is 5.62. The van der Waals surface area contributed by atoms with Crippen LogP contribution in [0.15, 0.2) is 0 Å². The van der Waals surface area contributed by atoms with E-state index in [1.165, 1.54) is 12.8 Å². The van der Waals surface area contributed by atoms with E-state index in [1.54, 1.807) is 0 Å². The average Bonchev–Trinajstić information content (AvgIpc) is 2.51. The Morgan fingerprint density at radius 3 is 3.00 bits per heavy atom. The number of hydrogen-bond acceptors (Lipinski definition) is 3. The minimum atomic E-state index is -0.169. The summed E-state index contributed by atoms with van der Waals surface area (Å²) in [5, 5.41) is 9.45. The third kappa shape index (κ3) is 2.44. The SMILES string of the molecule is CCC(O)CN1CCCC1CN. The predicted octanol–water partition coefficient (Wildman–Crippen LogP) is 0.180. The van der Waals surface area contributed by atoms with Crippen LogP contribution in [0, 0.1) is 0 Å². The Morgan fingerprint density at radius 2 is 2.42 bits per heavy atom. The van der Waals surface area contributed by atoms with Gasteiger partial charge in [0.15, 0.2) is 0 Å². The average molecular weight is 172 g/mol. The maximum Gasteiger partial charge on any atom is 0.0664 e. The summed E-state index contributed by atoms with van der Waals surface area (Å²) in [6.07, 6.45) is 3.11. The van der Waals surface area contributed by atoms with Crippen LogP contribution in [0.3, 0.4) is 0 Å². The van der Waals surface area contributed by atoms with E-state index in [1.807, 2.05) is 6.92 Å². The third-order valence-corrected chi connectivity index (χ3v) is 2.69. The monoisotopic (exact) mass is 172 g/mol. The zero-order valence-corrected chi connectivity index (χ0v) is 7.87. The van der Waals surface area contributed by atoms with Crippen LogP contribution in [-0.4, -0.2) is 41.8 Å². The molecule has 2 atom stereocenters. The summed E-state index contributed by atoms with van der Waals surface area (Å²) in [6.45, 7) is 4.66. The quantitative estimate of drug-likeness (QED) is 0.636. The first kappa shape index (κ1) is 9.96. The van der Waals surface area contributed by atoms with Crippen LogP contribution in [0.2, 0.25) is 0 Å². The molecular weight excluding hydrogens is 152 g/mol. The molecule has 1 rings (SSSR count). The fourth-order valence-corrected chi connectivity index (χ4v) is 1.80. The van der Waals surface area contributed by atoms with Crippen molar-refractivity contribution < 1.29 is 5.11 Å². The van der Waals surface area contributed by atoms with Gasteiger partial charge in [0.05, 0.1) is 6.10 Å². The second-order valence-electron chi connectivity index (χ2n) is 3.59. The molecule has 0 aliphatic carbocycles. The number of β-amino-alcohol motifs (C(OH)–C–C–N with tert-alkyl or cyclic N) is 1. The normalized spacial score (nSPS) is 27.8. The number of nitrogens with zero attached hydrogens (tertiary/aromatic N) is 1. The van der Waals surface area contributed by atoms with Gasteiger partial charge in [0.25, 0.3) is 0 Å². The van der Waals surface area contributed by atoms with Gasteiger partial charge in [0.1, 0.15) is 0 Å². The molecule has 0 bridgehead atoms. The zero-order chi connectivity index (χ0) is 8.97. The largest absolute Gasteiger partial charge is 0.392 e. The topological polar surface area (TPSA) is 49.5 Å². The second-order valence-corrected chi connectivity index (χ2v) is 3.59. The Balaban J connectivity index is 2.30. The van der Waals surface area contributed by atoms with Gasteiger partial charge in [-0.05, 0) is 25.8 Å². The van der Waals surface area contributed by atoms with E-state index in [0.717, 1.165) is 26.1 Å². The van der Waals surface area contributed by atoms with Crippen molar-refractivity contribution in [3.05, 3.63) is 0 Å². The van der Waals surface area contributed by atoms with Crippen LogP contribution in [-0.2, 0) is 0 Å². The molecule has 72 valence electrons. The molecule has 1 saturated heterocycles. The summed E-state index contributed by atoms with van der Waals surface area (Å²) in [4.78, 5) is 2.31. The highest BCUT2D eigenvalue weighted by atomic mass is 16.3. The first-order chi connectivity index (χ1) is 5.77. The highest BCUT2D eigenvalue weighted by Crippen LogP contribution is 2.16. The van der Waals surface area contributed by atoms with Crippen LogP contribution in [0.1, 0.15) is 26.2 Å². The number of aliphatic hydroxyl groups is 1. The van der Waals surface area contributed by atoms with Crippen LogP contribution >= 0.6 is 0 Å². The van der Waals surface area contributed by atoms with E-state index in [2.05, 4.69) is 4.90 Å². The van der Waals surface area contributed by atoms with Crippen molar-refractivity contribution in [1.29, 1.82) is 0 Å². The molecule has 0 amide bonds. The van der Waals surface area contributed by atoms with Crippen molar-refractivity contribution in [2.75, 3.05) is 19.6 Å². The van der Waals surface area contributed by atoms with Gasteiger partial charge in [-0.1, -0.05) is 6.92 Å². The van der Waals surface area contributed by atoms with Crippen molar-refractivity contribution >= 4 is 0 Å². The molecule has 3 heteroatoms. The Kier molecular flexibility index (Phi) is 3.98. The van der Waals surface area contributed by atoms with Crippen molar-refractivity contribution in [1.82, 2.24) is 4.90 Å². The summed E-state index contributed by atoms with van der Waals surface area (Å²) in [5.74, 6) is 0. The summed E-state index contributed by atoms with van der Waals surface area (Å²) in [6, 6.07) is 0.520. The minimum Gasteiger partial charge on any atom is -0.392 e. The van der Waals surface area contributed by atoms with Crippen LogP contribution in [0.25, 0.3) is 0 Å². The van der Waals surface area contributed by atoms with E-state index in [9.17, 15) is 5.11 Å². The molecule has 0 aromatic heterocycles. The summed E-state index contributed by atoms with van der Waals surface area (Å²) in [7, 11) is 0. The van der Waals surface area contributed by atoms with E-state index in [-0.39, 0.29) is 6.10 Å². The number of likely N-dealkylation sites (tertiary alicyclic amines) is 1. The van der Waals surface area contributed by atoms with E-state index < -0.39 is 0 Å². The Hall–Kier alpha value is -0.120. The Labute approximate surface area is 74.5 Å². The number of aliphatic hydroxyl groups excluding tert-OH is 1. The smallest absolute Gasteiger partial charge is 0.0664 e. The standard InChI is InChI=1S/C9H20N2O/c1-2-9(12)7-11-5-3-4-8(11)6-10/h8-9,12H,2-7,10H2,1H3. The Morgan fingerprint density at radius 1 is 1.67 bits per heavy atom. The highest BCUT2D eigenvalue weighted by Gasteiger charge is 2.24. The molecule has 1 fully saturated rings. The molecule has 1 aliphatic heterocycles. The van der Waals surface area contributed by atoms with Gasteiger partial charge in [0.2, 0.25) is 0 Å². The number of rotatable bonds is 4. The maximum absolute atomic E-state index is 9.45. The first-order valence-corrected chi connectivity index (χ1v) is 4.90. The Bertz CT molecular complexity index is 130. The fraction of sp³-hybridized carbons (Fsp3) is 1.00. The molecule has 12 heavy (non-hydrogen) atoms. The molecule has 3 N–H and O–H groups in total. The maximum atomic E-state index is 9.45. The van der Waals surface area contributed by atoms with Gasteiger partial charge in [-0.3, -0.25) is 4.90 Å². The summed E-state index contributed by atoms with van der Waals surface area (Å²) >= 11 is 0. The van der Waals surface area contributed by atoms with Crippen LogP contribution < -0.4 is 5.73 Å². The van der Waals surface area contributed by atoms with Gasteiger partial charge in [-0.15, -0.1) is 0 Å². The van der Waals surface area contributed by atoms with Gasteiger partial charge < -0.3 is 10.8 Å². The molecular formula is C9H20N2O. The lowest BCUT2D eigenvalue weighted by molar-refractivity contribution is 0.104. The van der Waals surface area contributed by atoms with Gasteiger partial charge in [-0.2, -0.15) is 0 Å². The molecule has 0 spiro atoms. The number of hydrogen-bond donors (Lipinski definition) is 2. The minimum absolute atomic E-state index is 0.169. The van der Waals surface area contributed by atoms with Gasteiger partial charge >= 0.3 is 0 Å². The van der Waals surface area contributed by atoms with E-state index in [4.69, 9.17) is 5.73 Å². The van der Waals surface area contributed by atoms with E-state index >= 15 is 0 Å². The summed E-state index contributed by atoms with van der Waals surface area (Å²) < 4.78 is 0. The van der Waals surface area contributed by atoms with Crippen molar-refractivity contribution in [2.24, 2.45) is 5.73 Å². The number of nitrogens with two attached hydrogens (primary N) is 1. The third-order valence-electron chi connectivity index (χ3n) is 2.69. The lowest BCUT2D eigenvalue weighted by Gasteiger charge is -2.25. The lowest BCUT2D eigenvalue weighted by atomic mass is 10.2. The van der Waals surface area contributed by atoms with E-state index in [0.29, 0.717) is 6.04 Å². The molecule has 1 aliphatic rings.